The van der Waals surface area contributed by atoms with Crippen LogP contribution in [0.25, 0.3) is 0 Å². The van der Waals surface area contributed by atoms with Crippen LogP contribution in [0.5, 0.6) is 23.0 Å². The number of thioether (sulfide) groups is 2. The Morgan fingerprint density at radius 2 is 0.676 bits per heavy atom. The fraction of sp³-hybridized carbons (Fsp3) is 0.333. The lowest BCUT2D eigenvalue weighted by atomic mass is 10.2. The molecule has 0 aliphatic rings. The summed E-state index contributed by atoms with van der Waals surface area (Å²) in [6.07, 6.45) is 7.22. The molecule has 0 spiro atoms. The molecule has 0 saturated heterocycles. The normalized spacial score (nSPS) is 12.3. The minimum absolute atomic E-state index is 0.292. The maximum atomic E-state index is 14.1. The number of rotatable bonds is 32. The second kappa shape index (κ2) is 32.1. The van der Waals surface area contributed by atoms with Gasteiger partial charge in [-0.2, -0.15) is 32.1 Å². The standard InChI is InChI=1S/2C30H37NO4S2/c2*1-4-5-11-30(20-21-36-24-27-9-7-6-8-10-27)37(32,33)31(22-25-12-16-28(34-2)17-13-25)23-26-14-18-29(35-3)19-15-26/h2*4,6-10,12-19,30H,1,5,11,20-24H2,2-3H3/t2*30-/m10/s1. The first kappa shape index (κ1) is 59.4. The maximum Gasteiger partial charge on any atom is 0.217 e. The van der Waals surface area contributed by atoms with Gasteiger partial charge in [-0.3, -0.25) is 0 Å². The van der Waals surface area contributed by atoms with Crippen molar-refractivity contribution in [2.45, 2.75) is 86.7 Å². The van der Waals surface area contributed by atoms with Crippen molar-refractivity contribution in [3.05, 3.63) is 216 Å². The molecule has 0 heterocycles. The van der Waals surface area contributed by atoms with Gasteiger partial charge in [-0.25, -0.2) is 16.8 Å². The van der Waals surface area contributed by atoms with Crippen molar-refractivity contribution in [3.8, 4) is 23.0 Å². The van der Waals surface area contributed by atoms with Crippen molar-refractivity contribution in [1.29, 1.82) is 0 Å². The highest BCUT2D eigenvalue weighted by Gasteiger charge is 2.33. The third-order valence-corrected chi connectivity index (χ3v) is 19.1. The molecule has 0 saturated carbocycles. The van der Waals surface area contributed by atoms with Crippen LogP contribution in [0.15, 0.2) is 183 Å². The van der Waals surface area contributed by atoms with Gasteiger partial charge in [-0.1, -0.05) is 121 Å². The summed E-state index contributed by atoms with van der Waals surface area (Å²) in [5, 5.41) is -0.962. The lowest BCUT2D eigenvalue weighted by Crippen LogP contribution is -2.38. The van der Waals surface area contributed by atoms with Crippen LogP contribution in [-0.2, 0) is 57.7 Å². The van der Waals surface area contributed by atoms with Gasteiger partial charge < -0.3 is 18.9 Å². The Morgan fingerprint density at radius 3 is 0.919 bits per heavy atom. The average molecular weight is 1080 g/mol. The molecular weight excluding hydrogens is 1000 g/mol. The topological polar surface area (TPSA) is 112 Å². The quantitative estimate of drug-likeness (QED) is 0.0299. The fourth-order valence-electron chi connectivity index (χ4n) is 8.08. The van der Waals surface area contributed by atoms with Crippen LogP contribution in [0.1, 0.15) is 71.9 Å². The van der Waals surface area contributed by atoms with E-state index in [0.717, 1.165) is 68.3 Å². The second-order valence-corrected chi connectivity index (χ2v) is 24.3. The van der Waals surface area contributed by atoms with Crippen LogP contribution in [0, 0.1) is 0 Å². The molecule has 0 bridgehead atoms. The van der Waals surface area contributed by atoms with Gasteiger partial charge in [0.15, 0.2) is 0 Å². The summed E-state index contributed by atoms with van der Waals surface area (Å²) in [7, 11) is -0.715. The fourth-order valence-corrected chi connectivity index (χ4v) is 14.3. The Morgan fingerprint density at radius 1 is 0.405 bits per heavy atom. The van der Waals surface area contributed by atoms with Crippen molar-refractivity contribution in [2.75, 3.05) is 39.9 Å². The van der Waals surface area contributed by atoms with E-state index in [1.807, 2.05) is 133 Å². The van der Waals surface area contributed by atoms with E-state index in [0.29, 0.717) is 64.7 Å². The Hall–Kier alpha value is -5.48. The van der Waals surface area contributed by atoms with Crippen LogP contribution in [0.3, 0.4) is 0 Å². The molecule has 10 nitrogen and oxygen atoms in total. The van der Waals surface area contributed by atoms with Gasteiger partial charge in [-0.15, -0.1) is 13.2 Å². The monoisotopic (exact) mass is 1080 g/mol. The number of ether oxygens (including phenoxy) is 4. The molecule has 0 radical (unpaired) electrons. The summed E-state index contributed by atoms with van der Waals surface area (Å²) in [4.78, 5) is 0. The van der Waals surface area contributed by atoms with Gasteiger partial charge in [0.1, 0.15) is 23.0 Å². The van der Waals surface area contributed by atoms with E-state index in [9.17, 15) is 16.8 Å². The van der Waals surface area contributed by atoms with Crippen molar-refractivity contribution in [2.24, 2.45) is 0 Å². The Kier molecular flexibility index (Phi) is 25.7. The zero-order chi connectivity index (χ0) is 53.0. The lowest BCUT2D eigenvalue weighted by molar-refractivity contribution is 0.387. The first-order valence-electron chi connectivity index (χ1n) is 24.9. The Labute approximate surface area is 451 Å². The first-order chi connectivity index (χ1) is 35.9. The summed E-state index contributed by atoms with van der Waals surface area (Å²) >= 11 is 3.55. The molecule has 0 aliphatic heterocycles. The van der Waals surface area contributed by atoms with Gasteiger partial charge >= 0.3 is 0 Å². The van der Waals surface area contributed by atoms with Crippen LogP contribution in [0.4, 0.5) is 0 Å². The van der Waals surface area contributed by atoms with Crippen molar-refractivity contribution >= 4 is 43.6 Å². The van der Waals surface area contributed by atoms with Crippen molar-refractivity contribution in [1.82, 2.24) is 8.61 Å². The van der Waals surface area contributed by atoms with Crippen LogP contribution >= 0.6 is 23.5 Å². The summed E-state index contributed by atoms with van der Waals surface area (Å²) in [6, 6.07) is 50.8. The maximum absolute atomic E-state index is 14.1. The molecule has 0 aromatic heterocycles. The predicted octanol–water partition coefficient (Wildman–Crippen LogP) is 13.4. The van der Waals surface area contributed by atoms with E-state index in [2.05, 4.69) is 37.4 Å². The number of nitrogens with zero attached hydrogens (tertiary/aromatic N) is 2. The molecule has 74 heavy (non-hydrogen) atoms. The van der Waals surface area contributed by atoms with Crippen LogP contribution in [0.2, 0.25) is 0 Å². The summed E-state index contributed by atoms with van der Waals surface area (Å²) < 4.78 is 80.7. The molecule has 0 amide bonds. The first-order valence-corrected chi connectivity index (χ1v) is 30.2. The number of methoxy groups -OCH3 is 4. The number of sulfonamides is 2. The largest absolute Gasteiger partial charge is 0.497 e. The lowest BCUT2D eigenvalue weighted by Gasteiger charge is -2.28. The molecule has 0 N–H and O–H groups in total. The summed E-state index contributed by atoms with van der Waals surface area (Å²) in [5.74, 6) is 6.26. The van der Waals surface area contributed by atoms with E-state index in [4.69, 9.17) is 18.9 Å². The zero-order valence-electron chi connectivity index (χ0n) is 43.4. The van der Waals surface area contributed by atoms with E-state index in [-0.39, 0.29) is 0 Å². The SMILES string of the molecule is C=CCC[C@@H](CCSCc1ccccc1)S(=O)(=O)N(Cc1ccc(OC)cc1)Cc1ccc(OC)cc1.C=CCC[C@H](CCSCc1ccccc1)S(=O)(=O)N(Cc1ccc(OC)cc1)Cc1ccc(OC)cc1. The minimum Gasteiger partial charge on any atom is -0.497 e. The highest BCUT2D eigenvalue weighted by molar-refractivity contribution is 7.98. The summed E-state index contributed by atoms with van der Waals surface area (Å²) in [5.41, 5.74) is 6.16. The molecule has 14 heteroatoms. The molecule has 396 valence electrons. The molecular formula is C60H74N2O8S4. The number of hydrogen-bond donors (Lipinski definition) is 0. The van der Waals surface area contributed by atoms with Gasteiger partial charge in [0.25, 0.3) is 0 Å². The average Bonchev–Trinajstić information content (AvgIpc) is 3.43. The van der Waals surface area contributed by atoms with Gasteiger partial charge in [-0.05, 0) is 132 Å². The molecule has 2 atom stereocenters. The summed E-state index contributed by atoms with van der Waals surface area (Å²) in [6.45, 7) is 8.82. The Bertz CT molecular complexity index is 2450. The number of benzene rings is 6. The van der Waals surface area contributed by atoms with Crippen molar-refractivity contribution < 1.29 is 35.8 Å². The smallest absolute Gasteiger partial charge is 0.217 e. The van der Waals surface area contributed by atoms with E-state index < -0.39 is 30.5 Å². The zero-order valence-corrected chi connectivity index (χ0v) is 46.7. The third kappa shape index (κ3) is 19.7. The molecule has 0 unspecified atom stereocenters. The third-order valence-electron chi connectivity index (χ3n) is 12.4. The highest BCUT2D eigenvalue weighted by atomic mass is 32.2. The van der Waals surface area contributed by atoms with Crippen LogP contribution < -0.4 is 18.9 Å². The van der Waals surface area contributed by atoms with E-state index in [1.165, 1.54) is 11.1 Å². The van der Waals surface area contributed by atoms with E-state index >= 15 is 0 Å². The van der Waals surface area contributed by atoms with Gasteiger partial charge in [0, 0.05) is 37.7 Å². The minimum atomic E-state index is -3.60. The van der Waals surface area contributed by atoms with Crippen LogP contribution in [-0.4, -0.2) is 75.9 Å². The molecule has 6 aromatic carbocycles. The molecule has 0 aliphatic carbocycles. The molecule has 6 rings (SSSR count). The molecule has 0 fully saturated rings. The number of allylic oxidation sites excluding steroid dienone is 2. The molecule has 6 aromatic rings. The predicted molar refractivity (Wildman–Crippen MR) is 309 cm³/mol. The Balaban J connectivity index is 0.000000274. The van der Waals surface area contributed by atoms with E-state index in [1.54, 1.807) is 72.7 Å². The second-order valence-electron chi connectivity index (χ2n) is 17.6. The number of hydrogen-bond acceptors (Lipinski definition) is 10. The van der Waals surface area contributed by atoms with Gasteiger partial charge in [0.05, 0.1) is 38.9 Å². The van der Waals surface area contributed by atoms with Crippen molar-refractivity contribution in [3.63, 3.8) is 0 Å². The highest BCUT2D eigenvalue weighted by Crippen LogP contribution is 2.29. The van der Waals surface area contributed by atoms with Gasteiger partial charge in [0.2, 0.25) is 20.0 Å².